The zero-order valence-corrected chi connectivity index (χ0v) is 15.7. The number of para-hydroxylation sites is 1. The number of benzene rings is 2. The van der Waals surface area contributed by atoms with Crippen molar-refractivity contribution < 1.29 is 9.53 Å². The Morgan fingerprint density at radius 3 is 2.45 bits per heavy atom. The first-order valence-electron chi connectivity index (χ1n) is 9.59. The lowest BCUT2D eigenvalue weighted by atomic mass is 10.0. The van der Waals surface area contributed by atoms with Crippen molar-refractivity contribution in [1.29, 1.82) is 0 Å². The van der Waals surface area contributed by atoms with Crippen LogP contribution in [-0.4, -0.2) is 40.0 Å². The minimum absolute atomic E-state index is 0.0250. The Bertz CT molecular complexity index is 1150. The van der Waals surface area contributed by atoms with Gasteiger partial charge in [-0.15, -0.1) is 0 Å². The van der Waals surface area contributed by atoms with Gasteiger partial charge in [0, 0.05) is 28.9 Å². The molecule has 0 unspecified atom stereocenters. The largest absolute Gasteiger partial charge is 0.487 e. The number of hydrogen-bond acceptors (Lipinski definition) is 4. The van der Waals surface area contributed by atoms with Crippen molar-refractivity contribution in [1.82, 2.24) is 14.9 Å². The fourth-order valence-electron chi connectivity index (χ4n) is 3.56. The predicted octanol–water partition coefficient (Wildman–Crippen LogP) is 4.20. The predicted molar refractivity (Wildman–Crippen MR) is 112 cm³/mol. The number of ether oxygens (including phenoxy) is 1. The maximum Gasteiger partial charge on any atom is 0.254 e. The molecule has 0 atom stereocenters. The quantitative estimate of drug-likeness (QED) is 0.532. The second-order valence-electron chi connectivity index (χ2n) is 7.07. The van der Waals surface area contributed by atoms with Gasteiger partial charge in [0.1, 0.15) is 11.9 Å². The number of likely N-dealkylation sites (tertiary alicyclic amines) is 1. The van der Waals surface area contributed by atoms with E-state index in [4.69, 9.17) is 4.74 Å². The number of pyridine rings is 2. The van der Waals surface area contributed by atoms with Crippen molar-refractivity contribution in [3.05, 3.63) is 90.8 Å². The van der Waals surface area contributed by atoms with Crippen LogP contribution in [0, 0.1) is 0 Å². The number of rotatable bonds is 4. The molecule has 5 heteroatoms. The molecule has 5 nitrogen and oxygen atoms in total. The first kappa shape index (κ1) is 17.4. The van der Waals surface area contributed by atoms with Gasteiger partial charge in [-0.25, -0.2) is 0 Å². The first-order valence-corrected chi connectivity index (χ1v) is 9.59. The Morgan fingerprint density at radius 1 is 0.862 bits per heavy atom. The molecule has 3 heterocycles. The highest BCUT2D eigenvalue weighted by molar-refractivity contribution is 5.96. The molecule has 1 aliphatic heterocycles. The smallest absolute Gasteiger partial charge is 0.254 e. The summed E-state index contributed by atoms with van der Waals surface area (Å²) in [6.45, 7) is 1.21. The maximum absolute atomic E-state index is 12.7. The van der Waals surface area contributed by atoms with Gasteiger partial charge in [0.15, 0.2) is 0 Å². The summed E-state index contributed by atoms with van der Waals surface area (Å²) in [5.74, 6) is 0.864. The molecule has 0 bridgehead atoms. The van der Waals surface area contributed by atoms with Crippen molar-refractivity contribution in [3.8, 4) is 17.0 Å². The fraction of sp³-hybridized carbons (Fsp3) is 0.125. The molecule has 0 saturated carbocycles. The van der Waals surface area contributed by atoms with Crippen LogP contribution in [-0.2, 0) is 0 Å². The third-order valence-electron chi connectivity index (χ3n) is 5.12. The summed E-state index contributed by atoms with van der Waals surface area (Å²) in [5.41, 5.74) is 3.41. The van der Waals surface area contributed by atoms with Gasteiger partial charge >= 0.3 is 0 Å². The van der Waals surface area contributed by atoms with E-state index in [1.807, 2.05) is 77.7 Å². The van der Waals surface area contributed by atoms with Crippen LogP contribution < -0.4 is 4.74 Å². The van der Waals surface area contributed by atoms with E-state index >= 15 is 0 Å². The highest BCUT2D eigenvalue weighted by Gasteiger charge is 2.32. The number of nitrogens with zero attached hydrogens (tertiary/aromatic N) is 3. The molecule has 5 rings (SSSR count). The molecule has 2 aromatic heterocycles. The number of amides is 1. The van der Waals surface area contributed by atoms with Crippen molar-refractivity contribution in [2.45, 2.75) is 6.10 Å². The molecule has 142 valence electrons. The van der Waals surface area contributed by atoms with E-state index in [2.05, 4.69) is 9.97 Å². The van der Waals surface area contributed by atoms with E-state index in [1.54, 1.807) is 12.4 Å². The lowest BCUT2D eigenvalue weighted by Crippen LogP contribution is -2.56. The minimum Gasteiger partial charge on any atom is -0.487 e. The van der Waals surface area contributed by atoms with Gasteiger partial charge in [-0.2, -0.15) is 0 Å². The summed E-state index contributed by atoms with van der Waals surface area (Å²) in [5, 5.41) is 0.998. The van der Waals surface area contributed by atoms with Gasteiger partial charge in [-0.3, -0.25) is 14.8 Å². The third-order valence-corrected chi connectivity index (χ3v) is 5.12. The van der Waals surface area contributed by atoms with Gasteiger partial charge in [0.25, 0.3) is 5.91 Å². The molecular weight excluding hydrogens is 362 g/mol. The highest BCUT2D eigenvalue weighted by atomic mass is 16.5. The summed E-state index contributed by atoms with van der Waals surface area (Å²) in [4.78, 5) is 23.4. The van der Waals surface area contributed by atoms with E-state index in [0.29, 0.717) is 18.7 Å². The lowest BCUT2D eigenvalue weighted by Gasteiger charge is -2.39. The number of aromatic nitrogens is 2. The summed E-state index contributed by atoms with van der Waals surface area (Å²) >= 11 is 0. The van der Waals surface area contributed by atoms with E-state index in [9.17, 15) is 4.79 Å². The van der Waals surface area contributed by atoms with Gasteiger partial charge in [0.05, 0.1) is 24.3 Å². The summed E-state index contributed by atoms with van der Waals surface area (Å²) in [7, 11) is 0. The number of carbonyl (C=O) groups is 1. The molecule has 29 heavy (non-hydrogen) atoms. The Morgan fingerprint density at radius 2 is 1.66 bits per heavy atom. The van der Waals surface area contributed by atoms with Gasteiger partial charge in [0.2, 0.25) is 0 Å². The number of hydrogen-bond donors (Lipinski definition) is 0. The number of carbonyl (C=O) groups excluding carboxylic acids is 1. The van der Waals surface area contributed by atoms with Crippen LogP contribution in [0.1, 0.15) is 10.4 Å². The molecule has 2 aromatic carbocycles. The van der Waals surface area contributed by atoms with E-state index in [0.717, 1.165) is 27.9 Å². The van der Waals surface area contributed by atoms with Crippen LogP contribution in [0.2, 0.25) is 0 Å². The second kappa shape index (κ2) is 7.36. The van der Waals surface area contributed by atoms with Crippen molar-refractivity contribution in [3.63, 3.8) is 0 Å². The fourth-order valence-corrected chi connectivity index (χ4v) is 3.56. The highest BCUT2D eigenvalue weighted by Crippen LogP contribution is 2.26. The zero-order valence-electron chi connectivity index (χ0n) is 15.7. The molecule has 1 aliphatic rings. The minimum atomic E-state index is 0.0250. The first-order chi connectivity index (χ1) is 14.3. The molecule has 4 aromatic rings. The molecule has 1 saturated heterocycles. The molecule has 1 fully saturated rings. The van der Waals surface area contributed by atoms with Crippen LogP contribution in [0.15, 0.2) is 85.2 Å². The topological polar surface area (TPSA) is 55.3 Å². The summed E-state index contributed by atoms with van der Waals surface area (Å²) < 4.78 is 5.88. The van der Waals surface area contributed by atoms with E-state index in [1.165, 1.54) is 0 Å². The number of fused-ring (bicyclic) bond motifs is 1. The van der Waals surface area contributed by atoms with Crippen molar-refractivity contribution in [2.24, 2.45) is 0 Å². The third kappa shape index (κ3) is 3.43. The Kier molecular flexibility index (Phi) is 4.41. The second-order valence-corrected chi connectivity index (χ2v) is 7.07. The monoisotopic (exact) mass is 381 g/mol. The van der Waals surface area contributed by atoms with Gasteiger partial charge < -0.3 is 9.64 Å². The van der Waals surface area contributed by atoms with Crippen LogP contribution in [0.5, 0.6) is 5.75 Å². The van der Waals surface area contributed by atoms with Crippen molar-refractivity contribution >= 4 is 16.8 Å². The van der Waals surface area contributed by atoms with Gasteiger partial charge in [-0.1, -0.05) is 30.3 Å². The normalized spacial score (nSPS) is 13.9. The summed E-state index contributed by atoms with van der Waals surface area (Å²) in [6.07, 6.45) is 3.58. The van der Waals surface area contributed by atoms with Crippen LogP contribution >= 0.6 is 0 Å². The van der Waals surface area contributed by atoms with Crippen LogP contribution in [0.25, 0.3) is 22.2 Å². The average Bonchev–Trinajstić information content (AvgIpc) is 2.76. The maximum atomic E-state index is 12.7. The average molecular weight is 381 g/mol. The molecule has 0 spiro atoms. The standard InChI is InChI=1S/C24H19N3O2/c28-24(27-15-20(16-27)29-19-5-2-1-3-6-19)18-10-8-17(9-11-18)23-21-7-4-13-25-22(21)12-14-26-23/h1-14,20H,15-16H2. The lowest BCUT2D eigenvalue weighted by molar-refractivity contribution is 0.0178. The molecule has 0 radical (unpaired) electrons. The van der Waals surface area contributed by atoms with E-state index in [-0.39, 0.29) is 12.0 Å². The summed E-state index contributed by atoms with van der Waals surface area (Å²) in [6, 6.07) is 23.1. The molecular formula is C24H19N3O2. The van der Waals surface area contributed by atoms with Crippen molar-refractivity contribution in [2.75, 3.05) is 13.1 Å². The molecule has 0 N–H and O–H groups in total. The SMILES string of the molecule is O=C(c1ccc(-c2nccc3ncccc23)cc1)N1CC(Oc2ccccc2)C1. The van der Waals surface area contributed by atoms with Crippen LogP contribution in [0.3, 0.4) is 0 Å². The van der Waals surface area contributed by atoms with Crippen LogP contribution in [0.4, 0.5) is 0 Å². The molecule has 1 amide bonds. The Labute approximate surface area is 168 Å². The Balaban J connectivity index is 1.28. The van der Waals surface area contributed by atoms with E-state index < -0.39 is 0 Å². The Hall–Kier alpha value is -3.73. The van der Waals surface area contributed by atoms with Gasteiger partial charge in [-0.05, 0) is 42.5 Å². The zero-order chi connectivity index (χ0) is 19.6. The molecule has 0 aliphatic carbocycles.